The number of amides is 4. The molecule has 3 heterocycles. The smallest absolute Gasteiger partial charge is 0.246 e. The van der Waals surface area contributed by atoms with Gasteiger partial charge in [0.1, 0.15) is 29.6 Å². The molecule has 15 nitrogen and oxygen atoms in total. The van der Waals surface area contributed by atoms with E-state index in [-0.39, 0.29) is 73.3 Å². The zero-order chi connectivity index (χ0) is 44.4. The average Bonchev–Trinajstić information content (AvgIpc) is 3.84. The first kappa shape index (κ1) is 45.9. The fourth-order valence-corrected chi connectivity index (χ4v) is 8.66. The highest BCUT2D eigenvalue weighted by Gasteiger charge is 2.44. The molecule has 3 atom stereocenters. The van der Waals surface area contributed by atoms with Gasteiger partial charge in [-0.1, -0.05) is 82.9 Å². The van der Waals surface area contributed by atoms with Crippen molar-refractivity contribution in [3.63, 3.8) is 0 Å². The van der Waals surface area contributed by atoms with Gasteiger partial charge in [-0.2, -0.15) is 0 Å². The van der Waals surface area contributed by atoms with Crippen molar-refractivity contribution in [2.45, 2.75) is 135 Å². The molecule has 2 aliphatic rings. The monoisotopic (exact) mass is 868 g/mol. The lowest BCUT2D eigenvalue weighted by Gasteiger charge is -2.36. The third kappa shape index (κ3) is 12.3. The van der Waals surface area contributed by atoms with E-state index >= 15 is 0 Å². The number of thiazole rings is 1. The average molecular weight is 869 g/mol. The number of ether oxygens (including phenoxy) is 1. The third-order valence-electron chi connectivity index (χ3n) is 11.5. The highest BCUT2D eigenvalue weighted by atomic mass is 32.1. The van der Waals surface area contributed by atoms with Crippen molar-refractivity contribution in [2.24, 2.45) is 5.41 Å². The lowest BCUT2D eigenvalue weighted by atomic mass is 9.85. The van der Waals surface area contributed by atoms with Crippen molar-refractivity contribution in [3.05, 3.63) is 71.4 Å². The Kier molecular flexibility index (Phi) is 15.5. The van der Waals surface area contributed by atoms with Crippen LogP contribution in [0.4, 0.5) is 5.82 Å². The molecule has 4 amide bonds. The van der Waals surface area contributed by atoms with Crippen molar-refractivity contribution in [2.75, 3.05) is 12.3 Å². The summed E-state index contributed by atoms with van der Waals surface area (Å²) in [6, 6.07) is 14.7. The van der Waals surface area contributed by atoms with Gasteiger partial charge in [0.05, 0.1) is 22.2 Å². The number of nitrogens with two attached hydrogens (primary N) is 1. The van der Waals surface area contributed by atoms with Gasteiger partial charge in [0, 0.05) is 62.9 Å². The van der Waals surface area contributed by atoms with E-state index in [0.29, 0.717) is 42.7 Å². The van der Waals surface area contributed by atoms with E-state index in [9.17, 15) is 29.4 Å². The van der Waals surface area contributed by atoms with E-state index in [1.165, 1.54) is 4.90 Å². The van der Waals surface area contributed by atoms with Gasteiger partial charge in [-0.25, -0.2) is 4.98 Å². The Morgan fingerprint density at radius 1 is 0.935 bits per heavy atom. The number of aliphatic hydroxyl groups is 1. The molecule has 0 radical (unpaired) electrons. The number of phenolic OH excluding ortho intramolecular Hbond substituents is 1. The molecule has 2 fully saturated rings. The van der Waals surface area contributed by atoms with Crippen LogP contribution in [0.5, 0.6) is 11.5 Å². The predicted octanol–water partition coefficient (Wildman–Crippen LogP) is 5.82. The molecule has 0 bridgehead atoms. The minimum atomic E-state index is -0.871. The number of aryl methyl sites for hydroxylation is 1. The van der Waals surface area contributed by atoms with Crippen molar-refractivity contribution < 1.29 is 34.1 Å². The molecular formula is C46H60N8O7S. The second-order valence-electron chi connectivity index (χ2n) is 17.5. The van der Waals surface area contributed by atoms with Crippen LogP contribution < -0.4 is 26.4 Å². The van der Waals surface area contributed by atoms with E-state index in [1.807, 2.05) is 57.5 Å². The highest BCUT2D eigenvalue weighted by Crippen LogP contribution is 2.34. The van der Waals surface area contributed by atoms with Crippen LogP contribution in [0.15, 0.2) is 60.1 Å². The standard InChI is InChI=1S/C46H60N8O7S/c1-28-41(62-27-49-28)30-19-17-29(18-20-30)25-48-44(59)36-23-32(55)26-54(36)45(60)42(46(2,3)4)51-40(58)16-10-8-6-5-7-9-15-39(57)50-31-21-33(22-31)61-38-24-35(52-53-43(38)47)34-13-11-12-14-37(34)56/h11-14,17-20,24,27,31-33,36,42,55-56H,5-10,15-16,21-23,25-26H2,1-4H3,(H2,47,53)(H,48,59)(H,50,57)(H,51,58)/t31?,32-,33?,36+,42?/m1/s1. The quantitative estimate of drug-likeness (QED) is 0.0617. The van der Waals surface area contributed by atoms with E-state index < -0.39 is 23.6 Å². The van der Waals surface area contributed by atoms with Gasteiger partial charge in [-0.05, 0) is 48.4 Å². The lowest BCUT2D eigenvalue weighted by Crippen LogP contribution is -2.57. The zero-order valence-corrected chi connectivity index (χ0v) is 36.9. The summed E-state index contributed by atoms with van der Waals surface area (Å²) in [5.74, 6) is -0.296. The Morgan fingerprint density at radius 2 is 1.61 bits per heavy atom. The number of nitrogen functional groups attached to an aromatic ring is 1. The maximum absolute atomic E-state index is 14.0. The number of hydrogen-bond acceptors (Lipinski definition) is 12. The fraction of sp³-hybridized carbons (Fsp3) is 0.500. The van der Waals surface area contributed by atoms with Crippen LogP contribution in [0.25, 0.3) is 21.7 Å². The van der Waals surface area contributed by atoms with Gasteiger partial charge in [0.2, 0.25) is 23.6 Å². The summed E-state index contributed by atoms with van der Waals surface area (Å²) in [6.45, 7) is 7.89. The minimum Gasteiger partial charge on any atom is -0.507 e. The summed E-state index contributed by atoms with van der Waals surface area (Å²) in [4.78, 5) is 59.9. The Balaban J connectivity index is 0.846. The van der Waals surface area contributed by atoms with Crippen molar-refractivity contribution in [1.29, 1.82) is 0 Å². The number of aromatic nitrogens is 3. The van der Waals surface area contributed by atoms with Crippen molar-refractivity contribution in [1.82, 2.24) is 36.0 Å². The molecule has 332 valence electrons. The largest absolute Gasteiger partial charge is 0.507 e. The highest BCUT2D eigenvalue weighted by molar-refractivity contribution is 7.13. The second kappa shape index (κ2) is 21.0. The molecule has 16 heteroatoms. The lowest BCUT2D eigenvalue weighted by molar-refractivity contribution is -0.144. The maximum atomic E-state index is 14.0. The third-order valence-corrected chi connectivity index (χ3v) is 12.5. The normalized spacial score (nSPS) is 19.0. The molecule has 4 aromatic rings. The first-order valence-corrected chi connectivity index (χ1v) is 22.5. The number of phenols is 1. The first-order chi connectivity index (χ1) is 29.7. The molecule has 2 aromatic heterocycles. The van der Waals surface area contributed by atoms with E-state index in [4.69, 9.17) is 10.5 Å². The number of para-hydroxylation sites is 1. The van der Waals surface area contributed by atoms with Crippen LogP contribution in [0, 0.1) is 12.3 Å². The van der Waals surface area contributed by atoms with Crippen LogP contribution in [0.1, 0.15) is 103 Å². The van der Waals surface area contributed by atoms with Gasteiger partial charge in [0.25, 0.3) is 0 Å². The van der Waals surface area contributed by atoms with Gasteiger partial charge in [-0.15, -0.1) is 21.5 Å². The SMILES string of the molecule is Cc1ncsc1-c1ccc(CNC(=O)[C@@H]2C[C@@H](O)CN2C(=O)C(NC(=O)CCCCCCCCC(=O)NC2CC(Oc3cc(-c4ccccc4O)nnc3N)C2)C(C)(C)C)cc1. The van der Waals surface area contributed by atoms with E-state index in [1.54, 1.807) is 41.7 Å². The van der Waals surface area contributed by atoms with Crippen LogP contribution in [-0.2, 0) is 25.7 Å². The molecule has 1 saturated heterocycles. The van der Waals surface area contributed by atoms with Crippen molar-refractivity contribution >= 4 is 40.8 Å². The number of aliphatic hydroxyl groups excluding tert-OH is 1. The Morgan fingerprint density at radius 3 is 2.27 bits per heavy atom. The van der Waals surface area contributed by atoms with Crippen molar-refractivity contribution in [3.8, 4) is 33.2 Å². The number of carbonyl (C=O) groups is 4. The second-order valence-corrected chi connectivity index (χ2v) is 18.4. The van der Waals surface area contributed by atoms with Gasteiger partial charge < -0.3 is 41.5 Å². The summed E-state index contributed by atoms with van der Waals surface area (Å²) in [5, 5.41) is 37.7. The summed E-state index contributed by atoms with van der Waals surface area (Å²) < 4.78 is 6.04. The Hall–Kier alpha value is -5.61. The topological polar surface area (TPSA) is 222 Å². The van der Waals surface area contributed by atoms with Crippen LogP contribution in [0.2, 0.25) is 0 Å². The number of rotatable bonds is 19. The number of benzene rings is 2. The molecule has 0 spiro atoms. The number of nitrogens with one attached hydrogen (secondary N) is 3. The number of carbonyl (C=O) groups excluding carboxylic acids is 4. The Labute approximate surface area is 367 Å². The number of hydrogen-bond donors (Lipinski definition) is 6. The number of anilines is 1. The number of unbranched alkanes of at least 4 members (excludes halogenated alkanes) is 5. The van der Waals surface area contributed by atoms with Gasteiger partial charge in [-0.3, -0.25) is 19.2 Å². The molecule has 1 aliphatic carbocycles. The summed E-state index contributed by atoms with van der Waals surface area (Å²) >= 11 is 1.58. The molecule has 7 N–H and O–H groups in total. The summed E-state index contributed by atoms with van der Waals surface area (Å²) in [6.07, 6.45) is 6.24. The molecular weight excluding hydrogens is 809 g/mol. The van der Waals surface area contributed by atoms with Crippen LogP contribution >= 0.6 is 11.3 Å². The molecule has 1 unspecified atom stereocenters. The number of nitrogens with zero attached hydrogens (tertiary/aromatic N) is 4. The number of likely N-dealkylation sites (tertiary alicyclic amines) is 1. The zero-order valence-electron chi connectivity index (χ0n) is 36.1. The maximum Gasteiger partial charge on any atom is 0.246 e. The minimum absolute atomic E-state index is 0.0135. The van der Waals surface area contributed by atoms with Gasteiger partial charge in [0.15, 0.2) is 11.6 Å². The van der Waals surface area contributed by atoms with Crippen LogP contribution in [0.3, 0.4) is 0 Å². The fourth-order valence-electron chi connectivity index (χ4n) is 7.85. The number of β-amino-alcohol motifs (C(OH)–C–C–N with tert-alkyl or cyclic N) is 1. The van der Waals surface area contributed by atoms with E-state index in [2.05, 4.69) is 31.1 Å². The molecule has 2 aromatic carbocycles. The first-order valence-electron chi connectivity index (χ1n) is 21.6. The number of aromatic hydroxyl groups is 1. The Bertz CT molecular complexity index is 2170. The summed E-state index contributed by atoms with van der Waals surface area (Å²) in [7, 11) is 0. The molecule has 1 saturated carbocycles. The molecule has 6 rings (SSSR count). The summed E-state index contributed by atoms with van der Waals surface area (Å²) in [5.41, 5.74) is 11.1. The molecule has 62 heavy (non-hydrogen) atoms. The van der Waals surface area contributed by atoms with Gasteiger partial charge >= 0.3 is 0 Å². The predicted molar refractivity (Wildman–Crippen MR) is 238 cm³/mol. The molecule has 1 aliphatic heterocycles. The van der Waals surface area contributed by atoms with Crippen LogP contribution in [-0.4, -0.2) is 90.8 Å². The van der Waals surface area contributed by atoms with E-state index in [0.717, 1.165) is 53.8 Å².